The highest BCUT2D eigenvalue weighted by molar-refractivity contribution is 5.83. The van der Waals surface area contributed by atoms with Gasteiger partial charge in [0, 0.05) is 55.0 Å². The second-order valence-corrected chi connectivity index (χ2v) is 11.2. The van der Waals surface area contributed by atoms with E-state index in [9.17, 15) is 0 Å². The summed E-state index contributed by atoms with van der Waals surface area (Å²) >= 11 is 0. The van der Waals surface area contributed by atoms with E-state index < -0.39 is 6.23 Å². The average Bonchev–Trinajstić information content (AvgIpc) is 3.31. The first-order valence-corrected chi connectivity index (χ1v) is 14.7. The number of piperidine rings is 1. The number of fused-ring (bicyclic) bond motifs is 2. The van der Waals surface area contributed by atoms with Crippen LogP contribution >= 0.6 is 0 Å². The minimum atomic E-state index is -0.419. The lowest BCUT2D eigenvalue weighted by Gasteiger charge is -2.41. The standard InChI is InChI=1S/C32H44N6O2/c1-5-39-20-21-40-31(26-12-8-10-24-11-9-17-34-29(24)26)38-28-14-7-6-13-27(28)36-32(38)35-25-15-18-37(19-16-25)30(22(2)3)23(4)33/h6-14,17,22-23,25,30-31H,5,15-16,18-21,33H2,1-4H3,(H,35,36). The fraction of sp³-hybridized carbons (Fsp3) is 0.500. The van der Waals surface area contributed by atoms with E-state index >= 15 is 0 Å². The molecular formula is C32H44N6O2. The molecule has 0 aliphatic carbocycles. The van der Waals surface area contributed by atoms with Crippen LogP contribution in [-0.2, 0) is 9.47 Å². The van der Waals surface area contributed by atoms with Crippen LogP contribution in [0.4, 0.5) is 5.95 Å². The van der Waals surface area contributed by atoms with Gasteiger partial charge >= 0.3 is 0 Å². The number of hydrogen-bond donors (Lipinski definition) is 2. The van der Waals surface area contributed by atoms with Crippen molar-refractivity contribution in [3.8, 4) is 0 Å². The molecule has 2 aromatic carbocycles. The Kier molecular flexibility index (Phi) is 9.32. The number of nitrogens with one attached hydrogen (secondary N) is 1. The SMILES string of the molecule is CCOCCOC(c1cccc2cccnc12)n1c(NC2CCN(C(C(C)C)C(C)N)CC2)nc2ccccc21. The van der Waals surface area contributed by atoms with E-state index in [4.69, 9.17) is 25.2 Å². The molecule has 3 N–H and O–H groups in total. The first kappa shape index (κ1) is 28.5. The summed E-state index contributed by atoms with van der Waals surface area (Å²) in [6, 6.07) is 19.5. The van der Waals surface area contributed by atoms with Crippen molar-refractivity contribution in [3.63, 3.8) is 0 Å². The maximum Gasteiger partial charge on any atom is 0.206 e. The van der Waals surface area contributed by atoms with Crippen LogP contribution < -0.4 is 11.1 Å². The second kappa shape index (κ2) is 13.1. The lowest BCUT2D eigenvalue weighted by Crippen LogP contribution is -2.53. The zero-order valence-corrected chi connectivity index (χ0v) is 24.3. The average molecular weight is 545 g/mol. The number of aromatic nitrogens is 3. The maximum absolute atomic E-state index is 6.62. The molecule has 0 bridgehead atoms. The smallest absolute Gasteiger partial charge is 0.206 e. The summed E-state index contributed by atoms with van der Waals surface area (Å²) in [7, 11) is 0. The summed E-state index contributed by atoms with van der Waals surface area (Å²) in [5, 5.41) is 4.90. The predicted molar refractivity (Wildman–Crippen MR) is 163 cm³/mol. The van der Waals surface area contributed by atoms with Crippen LogP contribution in [0.5, 0.6) is 0 Å². The third kappa shape index (κ3) is 6.15. The van der Waals surface area contributed by atoms with Gasteiger partial charge in [-0.15, -0.1) is 0 Å². The van der Waals surface area contributed by atoms with Crippen LogP contribution in [0.25, 0.3) is 21.9 Å². The Morgan fingerprint density at radius 3 is 2.52 bits per heavy atom. The zero-order chi connectivity index (χ0) is 28.1. The predicted octanol–water partition coefficient (Wildman–Crippen LogP) is 5.43. The number of imidazole rings is 1. The molecule has 3 atom stereocenters. The number of anilines is 1. The highest BCUT2D eigenvalue weighted by atomic mass is 16.5. The summed E-state index contributed by atoms with van der Waals surface area (Å²) in [4.78, 5) is 12.4. The molecule has 1 fully saturated rings. The van der Waals surface area contributed by atoms with Gasteiger partial charge in [0.05, 0.1) is 29.8 Å². The minimum absolute atomic E-state index is 0.151. The van der Waals surface area contributed by atoms with Gasteiger partial charge in [0.1, 0.15) is 0 Å². The maximum atomic E-state index is 6.62. The largest absolute Gasteiger partial charge is 0.379 e. The Morgan fingerprint density at radius 1 is 1.00 bits per heavy atom. The van der Waals surface area contributed by atoms with Gasteiger partial charge in [0.2, 0.25) is 5.95 Å². The van der Waals surface area contributed by atoms with Crippen molar-refractivity contribution in [1.29, 1.82) is 0 Å². The molecule has 0 saturated carbocycles. The molecule has 4 aromatic rings. The third-order valence-electron chi connectivity index (χ3n) is 7.97. The number of pyridine rings is 1. The molecule has 1 aliphatic rings. The monoisotopic (exact) mass is 544 g/mol. The van der Waals surface area contributed by atoms with Gasteiger partial charge in [-0.3, -0.25) is 14.5 Å². The molecule has 1 aliphatic heterocycles. The molecule has 3 heterocycles. The van der Waals surface area contributed by atoms with Crippen molar-refractivity contribution >= 4 is 27.9 Å². The molecule has 1 saturated heterocycles. The summed E-state index contributed by atoms with van der Waals surface area (Å²) in [5.41, 5.74) is 10.3. The van der Waals surface area contributed by atoms with E-state index in [1.54, 1.807) is 0 Å². The van der Waals surface area contributed by atoms with Crippen molar-refractivity contribution in [2.45, 2.75) is 64.9 Å². The number of benzene rings is 2. The highest BCUT2D eigenvalue weighted by Crippen LogP contribution is 2.34. The molecule has 3 unspecified atom stereocenters. The molecule has 214 valence electrons. The molecular weight excluding hydrogens is 500 g/mol. The van der Waals surface area contributed by atoms with Crippen LogP contribution in [0.15, 0.2) is 60.8 Å². The normalized spacial score (nSPS) is 17.4. The van der Waals surface area contributed by atoms with Crippen molar-refractivity contribution in [1.82, 2.24) is 19.4 Å². The number of para-hydroxylation sites is 3. The fourth-order valence-corrected chi connectivity index (χ4v) is 6.26. The van der Waals surface area contributed by atoms with Crippen molar-refractivity contribution in [3.05, 3.63) is 66.4 Å². The van der Waals surface area contributed by atoms with Gasteiger partial charge in [-0.2, -0.15) is 0 Å². The molecule has 0 amide bonds. The number of likely N-dealkylation sites (tertiary alicyclic amines) is 1. The summed E-state index contributed by atoms with van der Waals surface area (Å²) in [5.74, 6) is 1.35. The van der Waals surface area contributed by atoms with Gasteiger partial charge in [0.15, 0.2) is 6.23 Å². The van der Waals surface area contributed by atoms with E-state index in [1.165, 1.54) is 0 Å². The lowest BCUT2D eigenvalue weighted by molar-refractivity contribution is -0.00391. The number of rotatable bonds is 12. The summed E-state index contributed by atoms with van der Waals surface area (Å²) in [6.45, 7) is 12.3. The molecule has 8 nitrogen and oxygen atoms in total. The zero-order valence-electron chi connectivity index (χ0n) is 24.3. The number of nitrogens with two attached hydrogens (primary N) is 1. The van der Waals surface area contributed by atoms with E-state index in [0.717, 1.165) is 59.4 Å². The molecule has 0 spiro atoms. The van der Waals surface area contributed by atoms with Gasteiger partial charge in [0.25, 0.3) is 0 Å². The van der Waals surface area contributed by atoms with E-state index in [-0.39, 0.29) is 6.04 Å². The van der Waals surface area contributed by atoms with Crippen molar-refractivity contribution in [2.75, 3.05) is 38.2 Å². The number of nitrogens with zero attached hydrogens (tertiary/aromatic N) is 4. The topological polar surface area (TPSA) is 90.5 Å². The molecule has 40 heavy (non-hydrogen) atoms. The Hall–Kier alpha value is -3.04. The quantitative estimate of drug-likeness (QED) is 0.230. The van der Waals surface area contributed by atoms with Crippen LogP contribution in [0, 0.1) is 5.92 Å². The Labute approximate surface area is 237 Å². The number of hydrogen-bond acceptors (Lipinski definition) is 7. The third-order valence-corrected chi connectivity index (χ3v) is 7.97. The Balaban J connectivity index is 1.48. The van der Waals surface area contributed by atoms with E-state index in [0.29, 0.717) is 37.8 Å². The minimum Gasteiger partial charge on any atom is -0.379 e. The van der Waals surface area contributed by atoms with E-state index in [1.807, 2.05) is 25.3 Å². The van der Waals surface area contributed by atoms with Gasteiger partial charge in [-0.25, -0.2) is 4.98 Å². The molecule has 2 aromatic heterocycles. The molecule has 8 heteroatoms. The summed E-state index contributed by atoms with van der Waals surface area (Å²) in [6.07, 6.45) is 3.49. The fourth-order valence-electron chi connectivity index (χ4n) is 6.26. The summed E-state index contributed by atoms with van der Waals surface area (Å²) < 4.78 is 14.5. The van der Waals surface area contributed by atoms with Crippen LogP contribution in [0.2, 0.25) is 0 Å². The lowest BCUT2D eigenvalue weighted by atomic mass is 9.93. The van der Waals surface area contributed by atoms with E-state index in [2.05, 4.69) is 78.0 Å². The van der Waals surface area contributed by atoms with Crippen LogP contribution in [0.3, 0.4) is 0 Å². The van der Waals surface area contributed by atoms with Gasteiger partial charge in [-0.1, -0.05) is 50.2 Å². The van der Waals surface area contributed by atoms with Gasteiger partial charge in [-0.05, 0) is 50.8 Å². The van der Waals surface area contributed by atoms with Crippen LogP contribution in [-0.4, -0.2) is 70.5 Å². The van der Waals surface area contributed by atoms with Crippen molar-refractivity contribution < 1.29 is 9.47 Å². The van der Waals surface area contributed by atoms with Gasteiger partial charge < -0.3 is 20.5 Å². The first-order valence-electron chi connectivity index (χ1n) is 14.7. The molecule has 5 rings (SSSR count). The number of ether oxygens (including phenoxy) is 2. The Morgan fingerprint density at radius 2 is 1.77 bits per heavy atom. The first-order chi connectivity index (χ1) is 19.5. The highest BCUT2D eigenvalue weighted by Gasteiger charge is 2.31. The van der Waals surface area contributed by atoms with Crippen molar-refractivity contribution in [2.24, 2.45) is 11.7 Å². The Bertz CT molecular complexity index is 1370. The molecule has 0 radical (unpaired) electrons. The van der Waals surface area contributed by atoms with Crippen LogP contribution in [0.1, 0.15) is 52.3 Å². The second-order valence-electron chi connectivity index (χ2n) is 11.2.